The molecule has 3 nitrogen and oxygen atoms in total. The Labute approximate surface area is 108 Å². The fraction of sp³-hybridized carbons (Fsp3) is 0.929. The number of hydrogen-bond acceptors (Lipinski definition) is 3. The van der Waals surface area contributed by atoms with Gasteiger partial charge in [0.25, 0.3) is 0 Å². The lowest BCUT2D eigenvalue weighted by Gasteiger charge is -2.33. The lowest BCUT2D eigenvalue weighted by molar-refractivity contribution is 0.253. The molecule has 0 aromatic rings. The number of rotatable bonds is 12. The lowest BCUT2D eigenvalue weighted by Crippen LogP contribution is -2.65. The zero-order valence-electron chi connectivity index (χ0n) is 12.1. The first kappa shape index (κ1) is 16.9. The summed E-state index contributed by atoms with van der Waals surface area (Å²) in [7, 11) is 0. The third-order valence-electron chi connectivity index (χ3n) is 2.87. The Balaban J connectivity index is 3.95. The van der Waals surface area contributed by atoms with Crippen LogP contribution in [0.15, 0.2) is 0 Å². The van der Waals surface area contributed by atoms with Crippen molar-refractivity contribution in [2.45, 2.75) is 65.1 Å². The molecule has 0 unspecified atom stereocenters. The second kappa shape index (κ2) is 11.0. The molecule has 1 radical (unpaired) electrons. The Kier molecular flexibility index (Phi) is 10.9. The van der Waals surface area contributed by atoms with E-state index in [-0.39, 0.29) is 5.79 Å². The Hall–Kier alpha value is -0.120. The Morgan fingerprint density at radius 2 is 1.00 bits per heavy atom. The first-order valence-corrected chi connectivity index (χ1v) is 7.29. The van der Waals surface area contributed by atoms with Gasteiger partial charge in [0.15, 0.2) is 0 Å². The SMILES string of the molecule is [CH2]C(NCCCC)(NCCCC)NCCCC. The smallest absolute Gasteiger partial charge is 0.123 e. The zero-order valence-corrected chi connectivity index (χ0v) is 12.1. The molecule has 0 atom stereocenters. The van der Waals surface area contributed by atoms with Crippen LogP contribution in [0.25, 0.3) is 0 Å². The van der Waals surface area contributed by atoms with E-state index < -0.39 is 0 Å². The summed E-state index contributed by atoms with van der Waals surface area (Å²) in [5.41, 5.74) is 0. The molecule has 0 aliphatic rings. The molecule has 3 heteroatoms. The highest BCUT2D eigenvalue weighted by molar-refractivity contribution is 4.85. The van der Waals surface area contributed by atoms with E-state index in [2.05, 4.69) is 43.6 Å². The van der Waals surface area contributed by atoms with Crippen LogP contribution >= 0.6 is 0 Å². The van der Waals surface area contributed by atoms with E-state index >= 15 is 0 Å². The van der Waals surface area contributed by atoms with Crippen LogP contribution in [0.1, 0.15) is 59.3 Å². The van der Waals surface area contributed by atoms with Crippen molar-refractivity contribution in [2.24, 2.45) is 0 Å². The Morgan fingerprint density at radius 3 is 1.24 bits per heavy atom. The minimum Gasteiger partial charge on any atom is -0.287 e. The fourth-order valence-electron chi connectivity index (χ4n) is 1.62. The van der Waals surface area contributed by atoms with Crippen molar-refractivity contribution in [3.8, 4) is 0 Å². The average molecular weight is 242 g/mol. The van der Waals surface area contributed by atoms with E-state index in [0.29, 0.717) is 0 Å². The molecule has 0 aromatic carbocycles. The first-order chi connectivity index (χ1) is 8.18. The van der Waals surface area contributed by atoms with E-state index in [9.17, 15) is 0 Å². The van der Waals surface area contributed by atoms with Gasteiger partial charge < -0.3 is 0 Å². The molecule has 0 amide bonds. The summed E-state index contributed by atoms with van der Waals surface area (Å²) in [5, 5.41) is 10.4. The molecular formula is C14H32N3. The molecule has 0 aliphatic carbocycles. The van der Waals surface area contributed by atoms with Gasteiger partial charge in [-0.15, -0.1) is 0 Å². The van der Waals surface area contributed by atoms with Gasteiger partial charge in [0, 0.05) is 0 Å². The predicted octanol–water partition coefficient (Wildman–Crippen LogP) is 2.64. The monoisotopic (exact) mass is 242 g/mol. The molecule has 103 valence electrons. The molecule has 0 saturated heterocycles. The quantitative estimate of drug-likeness (QED) is 0.364. The van der Waals surface area contributed by atoms with Gasteiger partial charge in [0.1, 0.15) is 5.79 Å². The summed E-state index contributed by atoms with van der Waals surface area (Å²) in [5.74, 6) is -0.348. The highest BCUT2D eigenvalue weighted by Gasteiger charge is 2.20. The average Bonchev–Trinajstić information content (AvgIpc) is 2.30. The van der Waals surface area contributed by atoms with Crippen molar-refractivity contribution in [3.63, 3.8) is 0 Å². The molecule has 0 saturated carbocycles. The van der Waals surface area contributed by atoms with Crippen LogP contribution in [0.2, 0.25) is 0 Å². The number of hydrogen-bond donors (Lipinski definition) is 3. The topological polar surface area (TPSA) is 36.1 Å². The van der Waals surface area contributed by atoms with E-state index in [1.807, 2.05) is 0 Å². The van der Waals surface area contributed by atoms with Crippen LogP contribution in [-0.2, 0) is 0 Å². The highest BCUT2D eigenvalue weighted by atomic mass is 15.3. The molecule has 17 heavy (non-hydrogen) atoms. The predicted molar refractivity (Wildman–Crippen MR) is 76.8 cm³/mol. The van der Waals surface area contributed by atoms with E-state index in [0.717, 1.165) is 19.6 Å². The summed E-state index contributed by atoms with van der Waals surface area (Å²) < 4.78 is 0. The molecule has 3 N–H and O–H groups in total. The van der Waals surface area contributed by atoms with Gasteiger partial charge in [-0.3, -0.25) is 16.0 Å². The lowest BCUT2D eigenvalue weighted by atomic mass is 10.2. The number of nitrogens with one attached hydrogen (secondary N) is 3. The minimum atomic E-state index is -0.348. The van der Waals surface area contributed by atoms with Crippen molar-refractivity contribution in [1.29, 1.82) is 0 Å². The third-order valence-corrected chi connectivity index (χ3v) is 2.87. The largest absolute Gasteiger partial charge is 0.287 e. The highest BCUT2D eigenvalue weighted by Crippen LogP contribution is 1.97. The van der Waals surface area contributed by atoms with Crippen LogP contribution in [0.4, 0.5) is 0 Å². The van der Waals surface area contributed by atoms with Gasteiger partial charge >= 0.3 is 0 Å². The van der Waals surface area contributed by atoms with Gasteiger partial charge in [-0.25, -0.2) is 0 Å². The van der Waals surface area contributed by atoms with E-state index in [1.54, 1.807) is 0 Å². The third kappa shape index (κ3) is 9.57. The van der Waals surface area contributed by atoms with Gasteiger partial charge in [0.05, 0.1) is 0 Å². The van der Waals surface area contributed by atoms with Crippen LogP contribution in [0.3, 0.4) is 0 Å². The van der Waals surface area contributed by atoms with Crippen molar-refractivity contribution in [2.75, 3.05) is 19.6 Å². The van der Waals surface area contributed by atoms with Gasteiger partial charge in [0.2, 0.25) is 0 Å². The molecule has 0 fully saturated rings. The molecular weight excluding hydrogens is 210 g/mol. The molecule has 0 bridgehead atoms. The van der Waals surface area contributed by atoms with Crippen molar-refractivity contribution >= 4 is 0 Å². The maximum atomic E-state index is 4.25. The fourth-order valence-corrected chi connectivity index (χ4v) is 1.62. The van der Waals surface area contributed by atoms with Gasteiger partial charge in [-0.2, -0.15) is 0 Å². The Morgan fingerprint density at radius 1 is 0.706 bits per heavy atom. The maximum Gasteiger partial charge on any atom is 0.123 e. The summed E-state index contributed by atoms with van der Waals surface area (Å²) >= 11 is 0. The van der Waals surface area contributed by atoms with Crippen LogP contribution < -0.4 is 16.0 Å². The van der Waals surface area contributed by atoms with Crippen molar-refractivity contribution in [1.82, 2.24) is 16.0 Å². The first-order valence-electron chi connectivity index (χ1n) is 7.29. The molecule has 0 rings (SSSR count). The summed E-state index contributed by atoms with van der Waals surface area (Å²) in [6, 6.07) is 0. The van der Waals surface area contributed by atoms with Gasteiger partial charge in [-0.05, 0) is 45.8 Å². The second-order valence-corrected chi connectivity index (χ2v) is 4.75. The van der Waals surface area contributed by atoms with Gasteiger partial charge in [-0.1, -0.05) is 40.0 Å². The molecule has 0 spiro atoms. The van der Waals surface area contributed by atoms with Crippen LogP contribution in [0, 0.1) is 6.92 Å². The summed E-state index contributed by atoms with van der Waals surface area (Å²) in [4.78, 5) is 0. The normalized spacial score (nSPS) is 12.0. The van der Waals surface area contributed by atoms with Crippen LogP contribution in [-0.4, -0.2) is 25.4 Å². The van der Waals surface area contributed by atoms with E-state index in [4.69, 9.17) is 0 Å². The molecule has 0 heterocycles. The standard InChI is InChI=1S/C14H32N3/c1-5-8-11-15-14(4,16-12-9-6-2)17-13-10-7-3/h15-17H,4-13H2,1-3H3. The second-order valence-electron chi connectivity index (χ2n) is 4.75. The maximum absolute atomic E-state index is 4.25. The summed E-state index contributed by atoms with van der Waals surface area (Å²) in [6.45, 7) is 13.9. The van der Waals surface area contributed by atoms with Crippen LogP contribution in [0.5, 0.6) is 0 Å². The zero-order chi connectivity index (χ0) is 13.0. The van der Waals surface area contributed by atoms with Crippen molar-refractivity contribution in [3.05, 3.63) is 6.92 Å². The molecule has 0 aromatic heterocycles. The number of unbranched alkanes of at least 4 members (excludes halogenated alkanes) is 3. The van der Waals surface area contributed by atoms with E-state index in [1.165, 1.54) is 38.5 Å². The minimum absolute atomic E-state index is 0.348. The van der Waals surface area contributed by atoms with Crippen molar-refractivity contribution < 1.29 is 0 Å². The summed E-state index contributed by atoms with van der Waals surface area (Å²) in [6.07, 6.45) is 7.24. The molecule has 0 aliphatic heterocycles. The Bertz CT molecular complexity index is 133.